The van der Waals surface area contributed by atoms with Crippen molar-refractivity contribution in [3.05, 3.63) is 47.5 Å². The van der Waals surface area contributed by atoms with E-state index in [0.717, 1.165) is 12.2 Å². The van der Waals surface area contributed by atoms with E-state index in [1.54, 1.807) is 0 Å². The molecule has 0 aliphatic rings. The fourth-order valence-electron chi connectivity index (χ4n) is 1.72. The van der Waals surface area contributed by atoms with E-state index in [9.17, 15) is 0 Å². The van der Waals surface area contributed by atoms with E-state index >= 15 is 0 Å². The number of aromatic nitrogens is 3. The summed E-state index contributed by atoms with van der Waals surface area (Å²) in [6, 6.07) is 6.22. The zero-order chi connectivity index (χ0) is 12.3. The molecule has 0 spiro atoms. The molecule has 17 heavy (non-hydrogen) atoms. The molecule has 0 unspecified atom stereocenters. The number of pyridine rings is 1. The second-order valence-electron chi connectivity index (χ2n) is 4.24. The summed E-state index contributed by atoms with van der Waals surface area (Å²) in [4.78, 5) is 4.34. The molecule has 2 aromatic heterocycles. The lowest BCUT2D eigenvalue weighted by Gasteiger charge is -2.12. The van der Waals surface area contributed by atoms with Crippen molar-refractivity contribution in [1.29, 1.82) is 0 Å². The molecule has 0 saturated carbocycles. The van der Waals surface area contributed by atoms with Crippen LogP contribution in [-0.4, -0.2) is 14.8 Å². The first kappa shape index (κ1) is 11.8. The summed E-state index contributed by atoms with van der Waals surface area (Å²) in [6.07, 6.45) is 3.73. The van der Waals surface area contributed by atoms with Crippen LogP contribution in [-0.2, 0) is 13.6 Å². The van der Waals surface area contributed by atoms with Gasteiger partial charge in [-0.2, -0.15) is 5.10 Å². The third-order valence-electron chi connectivity index (χ3n) is 3.07. The van der Waals surface area contributed by atoms with Crippen molar-refractivity contribution in [2.45, 2.75) is 26.4 Å². The van der Waals surface area contributed by atoms with Crippen molar-refractivity contribution < 1.29 is 0 Å². The zero-order valence-electron chi connectivity index (χ0n) is 10.5. The molecule has 2 heterocycles. The molecule has 1 atom stereocenters. The van der Waals surface area contributed by atoms with E-state index in [1.165, 1.54) is 11.3 Å². The predicted molar refractivity (Wildman–Crippen MR) is 67.4 cm³/mol. The van der Waals surface area contributed by atoms with Crippen LogP contribution >= 0.6 is 0 Å². The van der Waals surface area contributed by atoms with Crippen molar-refractivity contribution in [3.8, 4) is 0 Å². The molecule has 0 aliphatic heterocycles. The van der Waals surface area contributed by atoms with Crippen LogP contribution in [0.1, 0.15) is 29.9 Å². The summed E-state index contributed by atoms with van der Waals surface area (Å²) >= 11 is 0. The van der Waals surface area contributed by atoms with Gasteiger partial charge in [-0.3, -0.25) is 9.67 Å². The Hall–Kier alpha value is -1.68. The fraction of sp³-hybridized carbons (Fsp3) is 0.385. The van der Waals surface area contributed by atoms with Crippen LogP contribution < -0.4 is 5.32 Å². The second-order valence-corrected chi connectivity index (χ2v) is 4.24. The quantitative estimate of drug-likeness (QED) is 0.873. The molecule has 2 aromatic rings. The summed E-state index contributed by atoms with van der Waals surface area (Å²) < 4.78 is 1.89. The number of rotatable bonds is 4. The lowest BCUT2D eigenvalue weighted by molar-refractivity contribution is 0.559. The Bertz CT molecular complexity index is 475. The van der Waals surface area contributed by atoms with E-state index in [4.69, 9.17) is 0 Å². The van der Waals surface area contributed by atoms with Gasteiger partial charge >= 0.3 is 0 Å². The van der Waals surface area contributed by atoms with Gasteiger partial charge in [0.1, 0.15) is 0 Å². The van der Waals surface area contributed by atoms with Gasteiger partial charge in [0.2, 0.25) is 0 Å². The van der Waals surface area contributed by atoms with Crippen LogP contribution in [0.2, 0.25) is 0 Å². The topological polar surface area (TPSA) is 42.7 Å². The minimum Gasteiger partial charge on any atom is -0.305 e. The maximum Gasteiger partial charge on any atom is 0.0570 e. The number of nitrogens with zero attached hydrogens (tertiary/aromatic N) is 3. The van der Waals surface area contributed by atoms with Crippen LogP contribution in [0.3, 0.4) is 0 Å². The highest BCUT2D eigenvalue weighted by Gasteiger charge is 2.08. The molecule has 0 fully saturated rings. The highest BCUT2D eigenvalue weighted by molar-refractivity contribution is 5.16. The molecular weight excluding hydrogens is 212 g/mol. The molecule has 4 heteroatoms. The highest BCUT2D eigenvalue weighted by atomic mass is 15.3. The van der Waals surface area contributed by atoms with Crippen molar-refractivity contribution in [3.63, 3.8) is 0 Å². The highest BCUT2D eigenvalue weighted by Crippen LogP contribution is 2.11. The molecule has 0 amide bonds. The third-order valence-corrected chi connectivity index (χ3v) is 3.07. The molecule has 0 aliphatic carbocycles. The Morgan fingerprint density at radius 1 is 1.41 bits per heavy atom. The minimum atomic E-state index is 0.246. The van der Waals surface area contributed by atoms with Gasteiger partial charge in [0.15, 0.2) is 0 Å². The van der Waals surface area contributed by atoms with Gasteiger partial charge in [-0.05, 0) is 26.0 Å². The fourth-order valence-corrected chi connectivity index (χ4v) is 1.72. The normalized spacial score (nSPS) is 12.6. The lowest BCUT2D eigenvalue weighted by atomic mass is 10.2. The summed E-state index contributed by atoms with van der Waals surface area (Å²) in [5.74, 6) is 0. The van der Waals surface area contributed by atoms with Crippen molar-refractivity contribution in [2.75, 3.05) is 0 Å². The number of aryl methyl sites for hydroxylation is 1. The molecule has 0 radical (unpaired) electrons. The van der Waals surface area contributed by atoms with Gasteiger partial charge in [-0.15, -0.1) is 0 Å². The number of hydrogen-bond acceptors (Lipinski definition) is 3. The van der Waals surface area contributed by atoms with Gasteiger partial charge in [-0.25, -0.2) is 0 Å². The monoisotopic (exact) mass is 230 g/mol. The third kappa shape index (κ3) is 2.71. The van der Waals surface area contributed by atoms with E-state index < -0.39 is 0 Å². The molecule has 90 valence electrons. The first-order valence-corrected chi connectivity index (χ1v) is 5.80. The van der Waals surface area contributed by atoms with Gasteiger partial charge in [0, 0.05) is 37.1 Å². The minimum absolute atomic E-state index is 0.246. The average molecular weight is 230 g/mol. The summed E-state index contributed by atoms with van der Waals surface area (Å²) in [7, 11) is 1.96. The Morgan fingerprint density at radius 2 is 2.24 bits per heavy atom. The van der Waals surface area contributed by atoms with E-state index in [2.05, 4.69) is 29.2 Å². The van der Waals surface area contributed by atoms with Gasteiger partial charge < -0.3 is 5.32 Å². The smallest absolute Gasteiger partial charge is 0.0570 e. The SMILES string of the molecule is Cc1c(CN[C@@H](C)c2ccccn2)cnn1C. The molecule has 4 nitrogen and oxygen atoms in total. The summed E-state index contributed by atoms with van der Waals surface area (Å²) in [5, 5.41) is 7.68. The second kappa shape index (κ2) is 5.10. The Morgan fingerprint density at radius 3 is 2.82 bits per heavy atom. The molecule has 2 rings (SSSR count). The zero-order valence-corrected chi connectivity index (χ0v) is 10.5. The van der Waals surface area contributed by atoms with E-state index in [-0.39, 0.29) is 6.04 Å². The largest absolute Gasteiger partial charge is 0.305 e. The van der Waals surface area contributed by atoms with E-state index in [1.807, 2.05) is 42.3 Å². The molecular formula is C13H18N4. The summed E-state index contributed by atoms with van der Waals surface area (Å²) in [5.41, 5.74) is 3.50. The Balaban J connectivity index is 1.97. The summed E-state index contributed by atoms with van der Waals surface area (Å²) in [6.45, 7) is 5.01. The van der Waals surface area contributed by atoms with E-state index in [0.29, 0.717) is 0 Å². The number of nitrogens with one attached hydrogen (secondary N) is 1. The Labute approximate surface area is 102 Å². The molecule has 0 saturated heterocycles. The van der Waals surface area contributed by atoms with Crippen molar-refractivity contribution in [1.82, 2.24) is 20.1 Å². The number of hydrogen-bond donors (Lipinski definition) is 1. The predicted octanol–water partition coefficient (Wildman–Crippen LogP) is 1.97. The molecule has 0 aromatic carbocycles. The molecule has 0 bridgehead atoms. The maximum atomic E-state index is 4.34. The lowest BCUT2D eigenvalue weighted by Crippen LogP contribution is -2.19. The molecule has 1 N–H and O–H groups in total. The first-order valence-electron chi connectivity index (χ1n) is 5.80. The van der Waals surface area contributed by atoms with Gasteiger partial charge in [-0.1, -0.05) is 6.07 Å². The average Bonchev–Trinajstić information content (AvgIpc) is 2.68. The maximum absolute atomic E-state index is 4.34. The van der Waals surface area contributed by atoms with Crippen LogP contribution in [0.4, 0.5) is 0 Å². The van der Waals surface area contributed by atoms with Crippen LogP contribution in [0.15, 0.2) is 30.6 Å². The standard InChI is InChI=1S/C13H18N4/c1-10(13-6-4-5-7-14-13)15-8-12-9-16-17(3)11(12)2/h4-7,9-10,15H,8H2,1-3H3/t10-/m0/s1. The first-order chi connectivity index (χ1) is 8.18. The van der Waals surface area contributed by atoms with Crippen LogP contribution in [0.25, 0.3) is 0 Å². The van der Waals surface area contributed by atoms with Crippen LogP contribution in [0, 0.1) is 6.92 Å². The van der Waals surface area contributed by atoms with Gasteiger partial charge in [0.05, 0.1) is 11.9 Å². The Kier molecular flexibility index (Phi) is 3.54. The van der Waals surface area contributed by atoms with Crippen molar-refractivity contribution in [2.24, 2.45) is 7.05 Å². The van der Waals surface area contributed by atoms with Gasteiger partial charge in [0.25, 0.3) is 0 Å². The van der Waals surface area contributed by atoms with Crippen molar-refractivity contribution >= 4 is 0 Å². The van der Waals surface area contributed by atoms with Crippen LogP contribution in [0.5, 0.6) is 0 Å².